The van der Waals surface area contributed by atoms with Crippen molar-refractivity contribution in [2.45, 2.75) is 4.90 Å². The standard InChI is InChI=1S/C19H23N5O2S/c1-21-17(16(14-20)18(25)22(2)19(21)26)24-10-8-23(9-11-24)12-13-27-15-6-4-3-5-7-15/h3-7H,8-13H2,1-2H3. The second-order valence-corrected chi connectivity index (χ2v) is 7.67. The zero-order valence-electron chi connectivity index (χ0n) is 15.6. The fourth-order valence-electron chi connectivity index (χ4n) is 3.29. The Labute approximate surface area is 162 Å². The Morgan fingerprint density at radius 3 is 2.33 bits per heavy atom. The highest BCUT2D eigenvalue weighted by molar-refractivity contribution is 7.99. The van der Waals surface area contributed by atoms with Crippen molar-refractivity contribution in [3.05, 3.63) is 56.7 Å². The molecule has 1 aromatic heterocycles. The summed E-state index contributed by atoms with van der Waals surface area (Å²) in [6.07, 6.45) is 0. The predicted molar refractivity (Wildman–Crippen MR) is 107 cm³/mol. The molecule has 0 spiro atoms. The van der Waals surface area contributed by atoms with E-state index >= 15 is 0 Å². The maximum absolute atomic E-state index is 12.3. The van der Waals surface area contributed by atoms with Crippen molar-refractivity contribution < 1.29 is 0 Å². The lowest BCUT2D eigenvalue weighted by atomic mass is 10.2. The van der Waals surface area contributed by atoms with Crippen LogP contribution in [0.2, 0.25) is 0 Å². The number of rotatable bonds is 5. The number of nitriles is 1. The molecule has 1 aliphatic rings. The van der Waals surface area contributed by atoms with Crippen LogP contribution >= 0.6 is 11.8 Å². The molecule has 0 saturated carbocycles. The highest BCUT2D eigenvalue weighted by Gasteiger charge is 2.24. The van der Waals surface area contributed by atoms with Gasteiger partial charge in [-0.15, -0.1) is 11.8 Å². The third-order valence-corrected chi connectivity index (χ3v) is 5.83. The summed E-state index contributed by atoms with van der Waals surface area (Å²) < 4.78 is 2.39. The Balaban J connectivity index is 1.64. The molecule has 1 saturated heterocycles. The van der Waals surface area contributed by atoms with E-state index in [2.05, 4.69) is 17.0 Å². The van der Waals surface area contributed by atoms with Gasteiger partial charge in [0.25, 0.3) is 5.56 Å². The smallest absolute Gasteiger partial charge is 0.332 e. The zero-order valence-corrected chi connectivity index (χ0v) is 16.4. The molecule has 142 valence electrons. The van der Waals surface area contributed by atoms with Gasteiger partial charge in [0.1, 0.15) is 11.9 Å². The van der Waals surface area contributed by atoms with Crippen LogP contribution in [0.3, 0.4) is 0 Å². The number of aromatic nitrogens is 2. The van der Waals surface area contributed by atoms with Crippen LogP contribution in [0.4, 0.5) is 5.82 Å². The van der Waals surface area contributed by atoms with Gasteiger partial charge in [0.05, 0.1) is 0 Å². The summed E-state index contributed by atoms with van der Waals surface area (Å²) >= 11 is 1.84. The summed E-state index contributed by atoms with van der Waals surface area (Å²) in [5, 5.41) is 9.43. The van der Waals surface area contributed by atoms with E-state index in [9.17, 15) is 14.9 Å². The maximum Gasteiger partial charge on any atom is 0.332 e. The zero-order chi connectivity index (χ0) is 19.4. The molecule has 2 heterocycles. The van der Waals surface area contributed by atoms with E-state index in [-0.39, 0.29) is 5.56 Å². The van der Waals surface area contributed by atoms with Crippen LogP contribution in [-0.2, 0) is 14.1 Å². The second kappa shape index (κ2) is 8.46. The molecule has 0 amide bonds. The minimum absolute atomic E-state index is 0.0349. The first kappa shape index (κ1) is 19.3. The van der Waals surface area contributed by atoms with Crippen LogP contribution in [-0.4, -0.2) is 52.5 Å². The highest BCUT2D eigenvalue weighted by Crippen LogP contribution is 2.19. The van der Waals surface area contributed by atoms with Crippen molar-refractivity contribution in [2.75, 3.05) is 43.4 Å². The van der Waals surface area contributed by atoms with Crippen molar-refractivity contribution in [1.29, 1.82) is 5.26 Å². The van der Waals surface area contributed by atoms with Crippen LogP contribution in [0.15, 0.2) is 44.8 Å². The number of nitrogens with zero attached hydrogens (tertiary/aromatic N) is 5. The van der Waals surface area contributed by atoms with Crippen LogP contribution in [0.5, 0.6) is 0 Å². The Kier molecular flexibility index (Phi) is 6.04. The third kappa shape index (κ3) is 4.10. The van der Waals surface area contributed by atoms with E-state index < -0.39 is 11.2 Å². The molecule has 1 aromatic carbocycles. The van der Waals surface area contributed by atoms with Crippen molar-refractivity contribution in [2.24, 2.45) is 14.1 Å². The van der Waals surface area contributed by atoms with Crippen LogP contribution < -0.4 is 16.1 Å². The molecule has 8 heteroatoms. The summed E-state index contributed by atoms with van der Waals surface area (Å²) in [6, 6.07) is 12.3. The minimum atomic E-state index is -0.530. The minimum Gasteiger partial charge on any atom is -0.354 e. The van der Waals surface area contributed by atoms with E-state index in [1.54, 1.807) is 7.05 Å². The number of hydrogen-bond donors (Lipinski definition) is 0. The second-order valence-electron chi connectivity index (χ2n) is 6.51. The SMILES string of the molecule is Cn1c(N2CCN(CCSc3ccccc3)CC2)c(C#N)c(=O)n(C)c1=O. The third-order valence-electron chi connectivity index (χ3n) is 4.84. The van der Waals surface area contributed by atoms with Gasteiger partial charge < -0.3 is 4.90 Å². The van der Waals surface area contributed by atoms with E-state index in [0.29, 0.717) is 18.9 Å². The van der Waals surface area contributed by atoms with Crippen molar-refractivity contribution >= 4 is 17.6 Å². The fraction of sp³-hybridized carbons (Fsp3) is 0.421. The largest absolute Gasteiger partial charge is 0.354 e. The van der Waals surface area contributed by atoms with E-state index in [1.165, 1.54) is 16.5 Å². The first-order valence-electron chi connectivity index (χ1n) is 8.88. The van der Waals surface area contributed by atoms with Gasteiger partial charge in [0, 0.05) is 57.5 Å². The van der Waals surface area contributed by atoms with Gasteiger partial charge in [0.2, 0.25) is 0 Å². The monoisotopic (exact) mass is 385 g/mol. The molecule has 7 nitrogen and oxygen atoms in total. The van der Waals surface area contributed by atoms with Crippen LogP contribution in [0.25, 0.3) is 0 Å². The normalized spacial score (nSPS) is 14.9. The molecule has 0 aliphatic carbocycles. The molecule has 1 aliphatic heterocycles. The van der Waals surface area contributed by atoms with Gasteiger partial charge in [-0.2, -0.15) is 5.26 Å². The molecule has 27 heavy (non-hydrogen) atoms. The Bertz CT molecular complexity index is 953. The lowest BCUT2D eigenvalue weighted by Gasteiger charge is -2.36. The average Bonchev–Trinajstić information content (AvgIpc) is 2.70. The molecule has 0 atom stereocenters. The van der Waals surface area contributed by atoms with Gasteiger partial charge in [-0.3, -0.25) is 18.8 Å². The van der Waals surface area contributed by atoms with E-state index in [0.717, 1.165) is 30.0 Å². The molecular formula is C19H23N5O2S. The summed E-state index contributed by atoms with van der Waals surface area (Å²) in [5.74, 6) is 1.45. The summed E-state index contributed by atoms with van der Waals surface area (Å²) in [7, 11) is 3.01. The molecule has 0 radical (unpaired) electrons. The lowest BCUT2D eigenvalue weighted by Crippen LogP contribution is -2.50. The number of anilines is 1. The number of piperazine rings is 1. The number of benzene rings is 1. The summed E-state index contributed by atoms with van der Waals surface area (Å²) in [5.41, 5.74) is -0.902. The summed E-state index contributed by atoms with van der Waals surface area (Å²) in [4.78, 5) is 30.1. The molecule has 3 rings (SSSR count). The van der Waals surface area contributed by atoms with Gasteiger partial charge >= 0.3 is 5.69 Å². The van der Waals surface area contributed by atoms with Gasteiger partial charge in [0.15, 0.2) is 5.56 Å². The predicted octanol–water partition coefficient (Wildman–Crippen LogP) is 0.870. The molecule has 0 N–H and O–H groups in total. The van der Waals surface area contributed by atoms with Gasteiger partial charge in [-0.05, 0) is 12.1 Å². The van der Waals surface area contributed by atoms with Gasteiger partial charge in [-0.1, -0.05) is 18.2 Å². The van der Waals surface area contributed by atoms with Crippen LogP contribution in [0, 0.1) is 11.3 Å². The maximum atomic E-state index is 12.3. The fourth-order valence-corrected chi connectivity index (χ4v) is 4.23. The summed E-state index contributed by atoms with van der Waals surface area (Å²) in [6.45, 7) is 4.03. The number of hydrogen-bond acceptors (Lipinski definition) is 6. The highest BCUT2D eigenvalue weighted by atomic mass is 32.2. The molecule has 1 fully saturated rings. The van der Waals surface area contributed by atoms with Crippen molar-refractivity contribution in [3.63, 3.8) is 0 Å². The van der Waals surface area contributed by atoms with E-state index in [4.69, 9.17) is 0 Å². The molecule has 0 bridgehead atoms. The van der Waals surface area contributed by atoms with E-state index in [1.807, 2.05) is 40.9 Å². The topological polar surface area (TPSA) is 74.3 Å². The average molecular weight is 385 g/mol. The quantitative estimate of drug-likeness (QED) is 0.711. The Morgan fingerprint density at radius 2 is 1.70 bits per heavy atom. The first-order valence-corrected chi connectivity index (χ1v) is 9.86. The number of thioether (sulfide) groups is 1. The Hall–Kier alpha value is -2.50. The molecular weight excluding hydrogens is 362 g/mol. The first-order chi connectivity index (χ1) is 13.0. The lowest BCUT2D eigenvalue weighted by molar-refractivity contribution is 0.271. The molecule has 2 aromatic rings. The molecule has 0 unspecified atom stereocenters. The van der Waals surface area contributed by atoms with Crippen molar-refractivity contribution in [3.8, 4) is 6.07 Å². The van der Waals surface area contributed by atoms with Gasteiger partial charge in [-0.25, -0.2) is 4.79 Å². The van der Waals surface area contributed by atoms with Crippen LogP contribution in [0.1, 0.15) is 5.56 Å². The Morgan fingerprint density at radius 1 is 1.04 bits per heavy atom. The van der Waals surface area contributed by atoms with Crippen molar-refractivity contribution in [1.82, 2.24) is 14.0 Å².